The number of likely N-dealkylation sites (tertiary alicyclic amines) is 1. The van der Waals surface area contributed by atoms with E-state index in [1.165, 1.54) is 13.1 Å². The molecule has 1 aliphatic rings. The van der Waals surface area contributed by atoms with Crippen molar-refractivity contribution in [3.05, 3.63) is 0 Å². The molecule has 0 amide bonds. The van der Waals surface area contributed by atoms with Crippen LogP contribution in [-0.4, -0.2) is 61.9 Å². The van der Waals surface area contributed by atoms with Crippen molar-refractivity contribution in [2.45, 2.75) is 32.0 Å². The normalized spacial score (nSPS) is 30.1. The van der Waals surface area contributed by atoms with Gasteiger partial charge in [0.05, 0.1) is 0 Å². The number of hydrogen-bond acceptors (Lipinski definition) is 3. The summed E-state index contributed by atoms with van der Waals surface area (Å²) in [5, 5.41) is 3.43. The second kappa shape index (κ2) is 5.04. The molecule has 0 aromatic carbocycles. The predicted molar refractivity (Wildman–Crippen MR) is 71.8 cm³/mol. The first-order valence-electron chi connectivity index (χ1n) is 5.70. The highest BCUT2D eigenvalue weighted by molar-refractivity contribution is 8.30. The van der Waals surface area contributed by atoms with Crippen molar-refractivity contribution in [3.8, 4) is 0 Å². The predicted octanol–water partition coefficient (Wildman–Crippen LogP) is 0.866. The van der Waals surface area contributed by atoms with Gasteiger partial charge >= 0.3 is 0 Å². The molecule has 0 spiro atoms. The van der Waals surface area contributed by atoms with Crippen molar-refractivity contribution >= 4 is 10.2 Å². The van der Waals surface area contributed by atoms with Crippen molar-refractivity contribution in [3.63, 3.8) is 0 Å². The summed E-state index contributed by atoms with van der Waals surface area (Å²) < 4.78 is 3.78. The van der Waals surface area contributed by atoms with Crippen LogP contribution in [0, 0.1) is 0 Å². The molecule has 1 heterocycles. The third-order valence-electron chi connectivity index (χ3n) is 2.95. The first kappa shape index (κ1) is 13.3. The van der Waals surface area contributed by atoms with Gasteiger partial charge in [0.15, 0.2) is 0 Å². The van der Waals surface area contributed by atoms with E-state index >= 15 is 0 Å². The number of likely N-dealkylation sites (N-methyl/N-ethyl adjacent to an activating group) is 1. The highest BCUT2D eigenvalue weighted by atomic mass is 32.3. The summed E-state index contributed by atoms with van der Waals surface area (Å²) in [7, 11) is 1.45. The van der Waals surface area contributed by atoms with Gasteiger partial charge in [-0.05, 0) is 39.7 Å². The Kier molecular flexibility index (Phi) is 4.47. The van der Waals surface area contributed by atoms with Crippen molar-refractivity contribution in [1.29, 1.82) is 0 Å². The topological polar surface area (TPSA) is 27.3 Å². The maximum atomic E-state index is 3.78. The molecule has 0 radical (unpaired) electrons. The van der Waals surface area contributed by atoms with E-state index in [0.29, 0.717) is 18.1 Å². The lowest BCUT2D eigenvalue weighted by atomic mass is 10.2. The monoisotopic (exact) mass is 233 g/mol. The minimum Gasteiger partial charge on any atom is -0.314 e. The lowest BCUT2D eigenvalue weighted by molar-refractivity contribution is 0.267. The van der Waals surface area contributed by atoms with Gasteiger partial charge in [-0.2, -0.15) is 10.2 Å². The Balaban J connectivity index is 2.56. The zero-order valence-corrected chi connectivity index (χ0v) is 11.8. The average Bonchev–Trinajstić information content (AvgIpc) is 2.44. The van der Waals surface area contributed by atoms with E-state index < -0.39 is 10.2 Å². The zero-order valence-electron chi connectivity index (χ0n) is 11.0. The van der Waals surface area contributed by atoms with Crippen LogP contribution in [0.5, 0.6) is 0 Å². The molecule has 2 unspecified atom stereocenters. The Morgan fingerprint density at radius 3 is 2.07 bits per heavy atom. The molecule has 1 aliphatic heterocycles. The van der Waals surface area contributed by atoms with E-state index in [-0.39, 0.29) is 0 Å². The van der Waals surface area contributed by atoms with Gasteiger partial charge in [0, 0.05) is 31.2 Å². The third kappa shape index (κ3) is 3.94. The largest absolute Gasteiger partial charge is 0.314 e. The van der Waals surface area contributed by atoms with Gasteiger partial charge in [-0.15, -0.1) is 0 Å². The van der Waals surface area contributed by atoms with Crippen LogP contribution >= 0.6 is 10.2 Å². The van der Waals surface area contributed by atoms with E-state index in [1.807, 2.05) is 0 Å². The molecule has 4 heteroatoms. The molecule has 2 atom stereocenters. The fraction of sp³-hybridized carbons (Fsp3) is 1.00. The first-order chi connectivity index (χ1) is 6.83. The molecule has 0 aromatic heterocycles. The highest BCUT2D eigenvalue weighted by Crippen LogP contribution is 2.31. The Hall–Kier alpha value is 0.230. The molecule has 1 saturated heterocycles. The van der Waals surface area contributed by atoms with E-state index in [1.54, 1.807) is 0 Å². The molecule has 1 rings (SSSR count). The van der Waals surface area contributed by atoms with Crippen LogP contribution in [0.15, 0.2) is 0 Å². The molecule has 0 bridgehead atoms. The Morgan fingerprint density at radius 2 is 1.67 bits per heavy atom. The molecule has 0 aromatic rings. The van der Waals surface area contributed by atoms with Gasteiger partial charge in [-0.25, -0.2) is 0 Å². The quantitative estimate of drug-likeness (QED) is 0.754. The van der Waals surface area contributed by atoms with Crippen molar-refractivity contribution in [2.24, 2.45) is 0 Å². The fourth-order valence-corrected chi connectivity index (χ4v) is 3.27. The van der Waals surface area contributed by atoms with Crippen LogP contribution < -0.4 is 10.0 Å². The minimum absolute atomic E-state index is 0.596. The van der Waals surface area contributed by atoms with Crippen LogP contribution in [0.2, 0.25) is 0 Å². The van der Waals surface area contributed by atoms with Crippen molar-refractivity contribution < 1.29 is 0 Å². The standard InChI is InChI=1S/C11H27N3S/c1-9(2)14-7-10(12-3)11(8-14)13-15(4,5)6/h9-13H,7-8H2,1-6H3. The number of nitrogens with zero attached hydrogens (tertiary/aromatic N) is 1. The minimum atomic E-state index is -0.616. The van der Waals surface area contributed by atoms with E-state index in [2.05, 4.69) is 54.6 Å². The van der Waals surface area contributed by atoms with Crippen LogP contribution in [0.3, 0.4) is 0 Å². The fourth-order valence-electron chi connectivity index (χ4n) is 2.12. The van der Waals surface area contributed by atoms with Gasteiger partial charge in [0.25, 0.3) is 0 Å². The van der Waals surface area contributed by atoms with Crippen LogP contribution in [-0.2, 0) is 0 Å². The summed E-state index contributed by atoms with van der Waals surface area (Å²) in [6.07, 6.45) is 6.95. The van der Waals surface area contributed by atoms with E-state index in [0.717, 1.165) is 0 Å². The van der Waals surface area contributed by atoms with E-state index in [9.17, 15) is 0 Å². The summed E-state index contributed by atoms with van der Waals surface area (Å²) in [6, 6.07) is 1.86. The SMILES string of the molecule is CNC1CN(C(C)C)CC1NS(C)(C)C. The van der Waals surface area contributed by atoms with Gasteiger partial charge in [0.2, 0.25) is 0 Å². The molecule has 3 nitrogen and oxygen atoms in total. The second-order valence-electron chi connectivity index (χ2n) is 5.50. The molecule has 1 fully saturated rings. The number of nitrogens with one attached hydrogen (secondary N) is 2. The summed E-state index contributed by atoms with van der Waals surface area (Å²) >= 11 is 0. The molecule has 2 N–H and O–H groups in total. The van der Waals surface area contributed by atoms with Crippen LogP contribution in [0.1, 0.15) is 13.8 Å². The second-order valence-corrected chi connectivity index (χ2v) is 9.41. The number of rotatable bonds is 4. The van der Waals surface area contributed by atoms with Gasteiger partial charge in [0.1, 0.15) is 0 Å². The van der Waals surface area contributed by atoms with Gasteiger partial charge in [-0.1, -0.05) is 0 Å². The Bertz CT molecular complexity index is 200. The highest BCUT2D eigenvalue weighted by Gasteiger charge is 2.33. The lowest BCUT2D eigenvalue weighted by Gasteiger charge is -2.33. The molecule has 0 aliphatic carbocycles. The van der Waals surface area contributed by atoms with Crippen LogP contribution in [0.25, 0.3) is 0 Å². The Labute approximate surface area is 96.4 Å². The maximum Gasteiger partial charge on any atom is 0.0449 e. The molecular formula is C11H27N3S. The van der Waals surface area contributed by atoms with Crippen LogP contribution in [0.4, 0.5) is 0 Å². The van der Waals surface area contributed by atoms with Crippen molar-refractivity contribution in [2.75, 3.05) is 38.9 Å². The zero-order chi connectivity index (χ0) is 11.6. The first-order valence-corrected chi connectivity index (χ1v) is 8.56. The summed E-state index contributed by atoms with van der Waals surface area (Å²) in [5.74, 6) is 0. The smallest absolute Gasteiger partial charge is 0.0449 e. The Morgan fingerprint density at radius 1 is 1.13 bits per heavy atom. The average molecular weight is 233 g/mol. The number of hydrogen-bond donors (Lipinski definition) is 2. The van der Waals surface area contributed by atoms with E-state index in [4.69, 9.17) is 0 Å². The van der Waals surface area contributed by atoms with Crippen molar-refractivity contribution in [1.82, 2.24) is 14.9 Å². The molecule has 0 saturated carbocycles. The molecular weight excluding hydrogens is 206 g/mol. The third-order valence-corrected chi connectivity index (χ3v) is 3.96. The summed E-state index contributed by atoms with van der Waals surface area (Å²) in [5.41, 5.74) is 0. The summed E-state index contributed by atoms with van der Waals surface area (Å²) in [6.45, 7) is 6.90. The molecule has 15 heavy (non-hydrogen) atoms. The lowest BCUT2D eigenvalue weighted by Crippen LogP contribution is -2.46. The molecule has 92 valence electrons. The maximum absolute atomic E-state index is 3.78. The summed E-state index contributed by atoms with van der Waals surface area (Å²) in [4.78, 5) is 2.55. The van der Waals surface area contributed by atoms with Gasteiger partial charge < -0.3 is 5.32 Å². The van der Waals surface area contributed by atoms with Gasteiger partial charge in [-0.3, -0.25) is 9.62 Å².